The fraction of sp³-hybridized carbons (Fsp3) is 0.538. The molecule has 1 fully saturated rings. The number of hydrogen-bond acceptors (Lipinski definition) is 6. The first-order chi connectivity index (χ1) is 10.1. The van der Waals surface area contributed by atoms with E-state index in [1.165, 1.54) is 0 Å². The molecule has 0 saturated carbocycles. The number of hydrogen-bond donors (Lipinski definition) is 1. The molecule has 1 aliphatic heterocycles. The Balaban J connectivity index is 0.00000132. The number of nitrogens with two attached hydrogens (primary N) is 1. The van der Waals surface area contributed by atoms with E-state index in [1.54, 1.807) is 15.8 Å². The number of aryl methyl sites for hydroxylation is 2. The number of aromatic nitrogens is 4. The van der Waals surface area contributed by atoms with Crippen LogP contribution in [0.4, 0.5) is 5.82 Å². The summed E-state index contributed by atoms with van der Waals surface area (Å²) in [6, 6.07) is 0. The second-order valence-corrected chi connectivity index (χ2v) is 5.17. The summed E-state index contributed by atoms with van der Waals surface area (Å²) in [6.07, 6.45) is 1.79. The Morgan fingerprint density at radius 2 is 1.87 bits per heavy atom. The molecule has 1 saturated heterocycles. The molecular weight excluding hydrogens is 341 g/mol. The summed E-state index contributed by atoms with van der Waals surface area (Å²) in [5, 5.41) is 5.20. The topological polar surface area (TPSA) is 93.2 Å². The Morgan fingerprint density at radius 3 is 2.48 bits per heavy atom. The summed E-state index contributed by atoms with van der Waals surface area (Å²) < 4.78 is 1.75. The second-order valence-electron chi connectivity index (χ2n) is 5.17. The molecule has 0 atom stereocenters. The van der Waals surface area contributed by atoms with Gasteiger partial charge in [0, 0.05) is 33.2 Å². The highest BCUT2D eigenvalue weighted by atomic mass is 35.5. The molecule has 3 heterocycles. The Bertz CT molecular complexity index is 682. The number of amides is 1. The van der Waals surface area contributed by atoms with Crippen molar-refractivity contribution < 1.29 is 4.79 Å². The average molecular weight is 362 g/mol. The van der Waals surface area contributed by atoms with E-state index in [-0.39, 0.29) is 37.3 Å². The molecule has 0 spiro atoms. The van der Waals surface area contributed by atoms with Crippen molar-refractivity contribution in [1.82, 2.24) is 24.6 Å². The molecule has 0 radical (unpaired) electrons. The zero-order valence-electron chi connectivity index (χ0n) is 13.1. The lowest BCUT2D eigenvalue weighted by atomic mass is 10.2. The molecule has 10 heteroatoms. The Kier molecular flexibility index (Phi) is 6.55. The molecular formula is C13H21Cl2N7O. The van der Waals surface area contributed by atoms with Crippen molar-refractivity contribution in [2.45, 2.75) is 6.92 Å². The molecule has 0 aliphatic carbocycles. The van der Waals surface area contributed by atoms with Crippen LogP contribution in [0.3, 0.4) is 0 Å². The first kappa shape index (κ1) is 19.4. The van der Waals surface area contributed by atoms with Crippen molar-refractivity contribution in [2.24, 2.45) is 12.8 Å². The quantitative estimate of drug-likeness (QED) is 0.816. The van der Waals surface area contributed by atoms with Crippen LogP contribution in [0.5, 0.6) is 0 Å². The number of anilines is 1. The molecule has 0 unspecified atom stereocenters. The summed E-state index contributed by atoms with van der Waals surface area (Å²) in [5.74, 6) is 1.62. The van der Waals surface area contributed by atoms with Gasteiger partial charge in [0.05, 0.1) is 18.1 Å². The average Bonchev–Trinajstić information content (AvgIpc) is 2.87. The molecule has 23 heavy (non-hydrogen) atoms. The summed E-state index contributed by atoms with van der Waals surface area (Å²) in [5.41, 5.74) is 6.24. The maximum Gasteiger partial charge on any atom is 0.236 e. The van der Waals surface area contributed by atoms with Gasteiger partial charge < -0.3 is 15.5 Å². The van der Waals surface area contributed by atoms with Crippen molar-refractivity contribution in [2.75, 3.05) is 37.6 Å². The van der Waals surface area contributed by atoms with Gasteiger partial charge in [0.25, 0.3) is 0 Å². The highest BCUT2D eigenvalue weighted by molar-refractivity contribution is 5.87. The van der Waals surface area contributed by atoms with Crippen molar-refractivity contribution in [1.29, 1.82) is 0 Å². The monoisotopic (exact) mass is 361 g/mol. The lowest BCUT2D eigenvalue weighted by molar-refractivity contribution is -0.129. The van der Waals surface area contributed by atoms with E-state index in [1.807, 2.05) is 14.0 Å². The van der Waals surface area contributed by atoms with Crippen LogP contribution in [0, 0.1) is 6.92 Å². The van der Waals surface area contributed by atoms with E-state index in [4.69, 9.17) is 5.73 Å². The summed E-state index contributed by atoms with van der Waals surface area (Å²) in [4.78, 5) is 24.6. The standard InChI is InChI=1S/C13H19N7O.2ClH/c1-9-16-12-10(8-15-18(12)2)13(17-9)20-5-3-19(4-6-20)11(21)7-14;;/h8H,3-7,14H2,1-2H3;2*1H. The first-order valence-electron chi connectivity index (χ1n) is 6.99. The molecule has 0 aromatic carbocycles. The Hall–Kier alpha value is -1.64. The Labute approximate surface area is 146 Å². The number of halogens is 2. The van der Waals surface area contributed by atoms with Crippen molar-refractivity contribution in [3.63, 3.8) is 0 Å². The summed E-state index contributed by atoms with van der Waals surface area (Å²) in [6.45, 7) is 4.77. The number of carbonyl (C=O) groups is 1. The van der Waals surface area contributed by atoms with Gasteiger partial charge in [-0.3, -0.25) is 9.48 Å². The van der Waals surface area contributed by atoms with E-state index in [9.17, 15) is 4.79 Å². The highest BCUT2D eigenvalue weighted by Crippen LogP contribution is 2.24. The van der Waals surface area contributed by atoms with Gasteiger partial charge in [0.1, 0.15) is 11.6 Å². The van der Waals surface area contributed by atoms with Gasteiger partial charge in [-0.1, -0.05) is 0 Å². The zero-order chi connectivity index (χ0) is 15.0. The third-order valence-electron chi connectivity index (χ3n) is 3.79. The van der Waals surface area contributed by atoms with Gasteiger partial charge in [0.2, 0.25) is 5.91 Å². The number of carbonyl (C=O) groups excluding carboxylic acids is 1. The molecule has 128 valence electrons. The minimum Gasteiger partial charge on any atom is -0.352 e. The lowest BCUT2D eigenvalue weighted by Crippen LogP contribution is -2.50. The normalized spacial score (nSPS) is 14.4. The smallest absolute Gasteiger partial charge is 0.236 e. The van der Waals surface area contributed by atoms with Crippen LogP contribution in [0.25, 0.3) is 11.0 Å². The molecule has 3 rings (SSSR count). The number of fused-ring (bicyclic) bond motifs is 1. The van der Waals surface area contributed by atoms with Gasteiger partial charge in [-0.15, -0.1) is 24.8 Å². The maximum atomic E-state index is 11.6. The van der Waals surface area contributed by atoms with Crippen molar-refractivity contribution in [3.8, 4) is 0 Å². The van der Waals surface area contributed by atoms with E-state index in [0.29, 0.717) is 13.1 Å². The molecule has 2 aromatic heterocycles. The van der Waals surface area contributed by atoms with Crippen LogP contribution in [0.2, 0.25) is 0 Å². The molecule has 2 aromatic rings. The number of piperazine rings is 1. The lowest BCUT2D eigenvalue weighted by Gasteiger charge is -2.35. The number of rotatable bonds is 2. The molecule has 0 bridgehead atoms. The van der Waals surface area contributed by atoms with Crippen LogP contribution >= 0.6 is 24.8 Å². The maximum absolute atomic E-state index is 11.6. The van der Waals surface area contributed by atoms with Crippen LogP contribution in [-0.2, 0) is 11.8 Å². The van der Waals surface area contributed by atoms with Crippen LogP contribution < -0.4 is 10.6 Å². The number of nitrogens with zero attached hydrogens (tertiary/aromatic N) is 6. The Morgan fingerprint density at radius 1 is 1.22 bits per heavy atom. The summed E-state index contributed by atoms with van der Waals surface area (Å²) >= 11 is 0. The van der Waals surface area contributed by atoms with Crippen molar-refractivity contribution >= 4 is 47.6 Å². The van der Waals surface area contributed by atoms with Gasteiger partial charge >= 0.3 is 0 Å². The van der Waals surface area contributed by atoms with E-state index in [0.717, 1.165) is 35.8 Å². The van der Waals surface area contributed by atoms with Crippen LogP contribution in [-0.4, -0.2) is 63.3 Å². The predicted molar refractivity (Wildman–Crippen MR) is 93.4 cm³/mol. The minimum atomic E-state index is 0. The highest BCUT2D eigenvalue weighted by Gasteiger charge is 2.23. The first-order valence-corrected chi connectivity index (χ1v) is 6.99. The van der Waals surface area contributed by atoms with Gasteiger partial charge in [-0.25, -0.2) is 9.97 Å². The fourth-order valence-corrected chi connectivity index (χ4v) is 2.65. The predicted octanol–water partition coefficient (Wildman–Crippen LogP) is 0.123. The van der Waals surface area contributed by atoms with Crippen molar-refractivity contribution in [3.05, 3.63) is 12.0 Å². The van der Waals surface area contributed by atoms with Gasteiger partial charge in [-0.2, -0.15) is 5.10 Å². The van der Waals surface area contributed by atoms with E-state index < -0.39 is 0 Å². The third-order valence-corrected chi connectivity index (χ3v) is 3.79. The SMILES string of the molecule is Cc1nc(N2CCN(C(=O)CN)CC2)c2cnn(C)c2n1.Cl.Cl. The summed E-state index contributed by atoms with van der Waals surface area (Å²) in [7, 11) is 1.87. The molecule has 8 nitrogen and oxygen atoms in total. The van der Waals surface area contributed by atoms with Crippen LogP contribution in [0.1, 0.15) is 5.82 Å². The minimum absolute atomic E-state index is 0. The molecule has 1 amide bonds. The van der Waals surface area contributed by atoms with Crippen LogP contribution in [0.15, 0.2) is 6.20 Å². The van der Waals surface area contributed by atoms with E-state index in [2.05, 4.69) is 20.0 Å². The molecule has 2 N–H and O–H groups in total. The fourth-order valence-electron chi connectivity index (χ4n) is 2.65. The second kappa shape index (κ2) is 7.76. The molecule has 1 aliphatic rings. The zero-order valence-corrected chi connectivity index (χ0v) is 14.7. The van der Waals surface area contributed by atoms with Gasteiger partial charge in [0.15, 0.2) is 5.65 Å². The largest absolute Gasteiger partial charge is 0.352 e. The van der Waals surface area contributed by atoms with Gasteiger partial charge in [-0.05, 0) is 6.92 Å². The van der Waals surface area contributed by atoms with E-state index >= 15 is 0 Å². The third kappa shape index (κ3) is 3.65.